The van der Waals surface area contributed by atoms with Crippen molar-refractivity contribution < 1.29 is 18.0 Å². The highest BCUT2D eigenvalue weighted by molar-refractivity contribution is 5.84. The molecule has 4 heteroatoms. The van der Waals surface area contributed by atoms with Gasteiger partial charge >= 0.3 is 6.18 Å². The number of carbonyl (C=O) groups is 1. The largest absolute Gasteiger partial charge is 0.449 e. The summed E-state index contributed by atoms with van der Waals surface area (Å²) in [5.41, 5.74) is 0. The van der Waals surface area contributed by atoms with Crippen LogP contribution < -0.4 is 0 Å². The predicted molar refractivity (Wildman–Crippen MR) is 37.6 cm³/mol. The van der Waals surface area contributed by atoms with Gasteiger partial charge in [-0.25, -0.2) is 0 Å². The van der Waals surface area contributed by atoms with E-state index in [1.807, 2.05) is 0 Å². The summed E-state index contributed by atoms with van der Waals surface area (Å²) in [6.45, 7) is 0. The van der Waals surface area contributed by atoms with Crippen LogP contribution in [0.4, 0.5) is 13.2 Å². The van der Waals surface area contributed by atoms with Gasteiger partial charge in [0.2, 0.25) is 5.78 Å². The average Bonchev–Trinajstić information content (AvgIpc) is 2.37. The van der Waals surface area contributed by atoms with Gasteiger partial charge in [-0.3, -0.25) is 4.79 Å². The molecular weight excluding hydrogens is 169 g/mol. The molecule has 1 aliphatic carbocycles. The summed E-state index contributed by atoms with van der Waals surface area (Å²) in [7, 11) is 0. The van der Waals surface area contributed by atoms with Crippen molar-refractivity contribution in [1.29, 1.82) is 0 Å². The minimum absolute atomic E-state index is 0.0147. The average molecular weight is 180 g/mol. The molecule has 0 aromatic carbocycles. The van der Waals surface area contributed by atoms with E-state index in [1.54, 1.807) is 0 Å². The molecule has 0 aromatic heterocycles. The molecule has 0 radical (unpaired) electrons. The summed E-state index contributed by atoms with van der Waals surface area (Å²) in [6, 6.07) is 0. The van der Waals surface area contributed by atoms with Crippen LogP contribution in [0.15, 0.2) is 0 Å². The van der Waals surface area contributed by atoms with Crippen LogP contribution >= 0.6 is 0 Å². The number of hydrogen-bond acceptors (Lipinski definition) is 1. The lowest BCUT2D eigenvalue weighted by Crippen LogP contribution is -2.24. The summed E-state index contributed by atoms with van der Waals surface area (Å²) in [6.07, 6.45) is -1.43. The maximum Gasteiger partial charge on any atom is 0.449 e. The van der Waals surface area contributed by atoms with Crippen LogP contribution in [-0.2, 0) is 4.79 Å². The Morgan fingerprint density at radius 2 is 1.75 bits per heavy atom. The highest BCUT2D eigenvalue weighted by atomic mass is 19.4. The van der Waals surface area contributed by atoms with Crippen molar-refractivity contribution in [3.8, 4) is 0 Å². The lowest BCUT2D eigenvalue weighted by Gasteiger charge is -2.09. The van der Waals surface area contributed by atoms with E-state index in [4.69, 9.17) is 0 Å². The van der Waals surface area contributed by atoms with Gasteiger partial charge in [-0.2, -0.15) is 13.2 Å². The fraction of sp³-hybridized carbons (Fsp3) is 0.875. The van der Waals surface area contributed by atoms with E-state index in [2.05, 4.69) is 0 Å². The first-order valence-corrected chi connectivity index (χ1v) is 4.10. The topological polar surface area (TPSA) is 17.1 Å². The molecule has 0 unspecified atom stereocenters. The zero-order valence-electron chi connectivity index (χ0n) is 6.66. The lowest BCUT2D eigenvalue weighted by molar-refractivity contribution is -0.172. The Labute approximate surface area is 68.9 Å². The second kappa shape index (κ2) is 3.46. The van der Waals surface area contributed by atoms with Gasteiger partial charge in [0.1, 0.15) is 0 Å². The normalized spacial score (nSPS) is 19.9. The Morgan fingerprint density at radius 3 is 2.17 bits per heavy atom. The fourth-order valence-electron chi connectivity index (χ4n) is 1.59. The second-order valence-corrected chi connectivity index (χ2v) is 3.28. The molecule has 0 amide bonds. The van der Waals surface area contributed by atoms with Crippen LogP contribution in [0.1, 0.15) is 32.1 Å². The number of halogens is 3. The first kappa shape index (κ1) is 9.55. The second-order valence-electron chi connectivity index (χ2n) is 3.28. The maximum atomic E-state index is 11.8. The summed E-state index contributed by atoms with van der Waals surface area (Å²) < 4.78 is 35.3. The number of Topliss-reactive ketones (excluding diaryl/α,β-unsaturated/α-hetero) is 1. The van der Waals surface area contributed by atoms with Crippen LogP contribution in [0.3, 0.4) is 0 Å². The number of rotatable bonds is 2. The minimum Gasteiger partial charge on any atom is -0.290 e. The SMILES string of the molecule is O=C(CC1CCCC1)C(F)(F)F. The van der Waals surface area contributed by atoms with Crippen molar-refractivity contribution in [2.75, 3.05) is 0 Å². The molecule has 0 aromatic rings. The van der Waals surface area contributed by atoms with Gasteiger partial charge < -0.3 is 0 Å². The highest BCUT2D eigenvalue weighted by Gasteiger charge is 2.39. The zero-order valence-corrected chi connectivity index (χ0v) is 6.66. The van der Waals surface area contributed by atoms with Gasteiger partial charge in [0.15, 0.2) is 0 Å². The number of alkyl halides is 3. The third-order valence-electron chi connectivity index (χ3n) is 2.26. The molecule has 1 fully saturated rings. The van der Waals surface area contributed by atoms with Crippen molar-refractivity contribution in [3.63, 3.8) is 0 Å². The van der Waals surface area contributed by atoms with E-state index >= 15 is 0 Å². The molecular formula is C8H11F3O. The van der Waals surface area contributed by atoms with Gasteiger partial charge in [-0.05, 0) is 5.92 Å². The van der Waals surface area contributed by atoms with Gasteiger partial charge in [-0.15, -0.1) is 0 Å². The molecule has 1 rings (SSSR count). The van der Waals surface area contributed by atoms with Crippen molar-refractivity contribution >= 4 is 5.78 Å². The Balaban J connectivity index is 2.35. The van der Waals surface area contributed by atoms with E-state index in [1.165, 1.54) is 0 Å². The first-order valence-electron chi connectivity index (χ1n) is 4.10. The van der Waals surface area contributed by atoms with Crippen LogP contribution in [0.25, 0.3) is 0 Å². The number of ketones is 1. The van der Waals surface area contributed by atoms with E-state index in [0.717, 1.165) is 25.7 Å². The summed E-state index contributed by atoms with van der Waals surface area (Å²) in [5, 5.41) is 0. The quantitative estimate of drug-likeness (QED) is 0.638. The standard InChI is InChI=1S/C8H11F3O/c9-8(10,11)7(12)5-6-3-1-2-4-6/h6H,1-5H2. The van der Waals surface area contributed by atoms with Crippen LogP contribution in [0, 0.1) is 5.92 Å². The first-order chi connectivity index (χ1) is 5.50. The van der Waals surface area contributed by atoms with Crippen molar-refractivity contribution in [1.82, 2.24) is 0 Å². The fourth-order valence-corrected chi connectivity index (χ4v) is 1.59. The maximum absolute atomic E-state index is 11.8. The van der Waals surface area contributed by atoms with Crippen LogP contribution in [-0.4, -0.2) is 12.0 Å². The van der Waals surface area contributed by atoms with Crippen molar-refractivity contribution in [2.45, 2.75) is 38.3 Å². The molecule has 1 saturated carbocycles. The third-order valence-corrected chi connectivity index (χ3v) is 2.26. The Bertz CT molecular complexity index is 168. The Morgan fingerprint density at radius 1 is 1.25 bits per heavy atom. The van der Waals surface area contributed by atoms with Gasteiger partial charge in [0, 0.05) is 6.42 Å². The van der Waals surface area contributed by atoms with E-state index in [9.17, 15) is 18.0 Å². The van der Waals surface area contributed by atoms with Crippen LogP contribution in [0.2, 0.25) is 0 Å². The molecule has 0 N–H and O–H groups in total. The van der Waals surface area contributed by atoms with Crippen molar-refractivity contribution in [3.05, 3.63) is 0 Å². The van der Waals surface area contributed by atoms with Gasteiger partial charge in [-0.1, -0.05) is 25.7 Å². The highest BCUT2D eigenvalue weighted by Crippen LogP contribution is 2.30. The van der Waals surface area contributed by atoms with Gasteiger partial charge in [0.05, 0.1) is 0 Å². The number of carbonyl (C=O) groups excluding carboxylic acids is 1. The van der Waals surface area contributed by atoms with Gasteiger partial charge in [0.25, 0.3) is 0 Å². The molecule has 0 heterocycles. The van der Waals surface area contributed by atoms with E-state index < -0.39 is 12.0 Å². The lowest BCUT2D eigenvalue weighted by atomic mass is 10.0. The van der Waals surface area contributed by atoms with E-state index in [-0.39, 0.29) is 12.3 Å². The molecule has 0 aliphatic heterocycles. The zero-order chi connectivity index (χ0) is 9.19. The monoisotopic (exact) mass is 180 g/mol. The van der Waals surface area contributed by atoms with Crippen molar-refractivity contribution in [2.24, 2.45) is 5.92 Å². The molecule has 0 saturated heterocycles. The summed E-state index contributed by atoms with van der Waals surface area (Å²) in [5.74, 6) is -1.58. The number of hydrogen-bond donors (Lipinski definition) is 0. The molecule has 0 atom stereocenters. The molecule has 12 heavy (non-hydrogen) atoms. The van der Waals surface area contributed by atoms with Crippen LogP contribution in [0.5, 0.6) is 0 Å². The minimum atomic E-state index is -4.62. The molecule has 70 valence electrons. The predicted octanol–water partition coefficient (Wildman–Crippen LogP) is 2.70. The molecule has 0 bridgehead atoms. The Hall–Kier alpha value is -0.540. The molecule has 1 nitrogen and oxygen atoms in total. The molecule has 0 spiro atoms. The Kier molecular flexibility index (Phi) is 2.75. The van der Waals surface area contributed by atoms with E-state index in [0.29, 0.717) is 0 Å². The summed E-state index contributed by atoms with van der Waals surface area (Å²) >= 11 is 0. The smallest absolute Gasteiger partial charge is 0.290 e. The summed E-state index contributed by atoms with van der Waals surface area (Å²) in [4.78, 5) is 10.5. The third kappa shape index (κ3) is 2.50. The molecule has 1 aliphatic rings.